The van der Waals surface area contributed by atoms with Gasteiger partial charge in [0.25, 0.3) is 0 Å². The van der Waals surface area contributed by atoms with Crippen molar-refractivity contribution in [3.05, 3.63) is 24.1 Å². The highest BCUT2D eigenvalue weighted by atomic mass is 32.2. The summed E-state index contributed by atoms with van der Waals surface area (Å²) in [5, 5.41) is 0.690. The molecule has 0 saturated heterocycles. The van der Waals surface area contributed by atoms with E-state index in [0.29, 0.717) is 11.6 Å². The number of thioether (sulfide) groups is 1. The molecule has 0 radical (unpaired) electrons. The number of hydrogen-bond donors (Lipinski definition) is 1. The lowest BCUT2D eigenvalue weighted by atomic mass is 10.5. The Bertz CT molecular complexity index is 229. The van der Waals surface area contributed by atoms with E-state index in [1.807, 2.05) is 0 Å². The van der Waals surface area contributed by atoms with Gasteiger partial charge < -0.3 is 5.73 Å². The summed E-state index contributed by atoms with van der Waals surface area (Å²) in [6.45, 7) is 0.586. The van der Waals surface area contributed by atoms with Crippen LogP contribution in [0, 0.1) is 5.95 Å². The van der Waals surface area contributed by atoms with Crippen LogP contribution in [0.4, 0.5) is 4.39 Å². The van der Waals surface area contributed by atoms with Crippen LogP contribution in [0.3, 0.4) is 0 Å². The van der Waals surface area contributed by atoms with Crippen molar-refractivity contribution >= 4 is 11.8 Å². The second-order valence-corrected chi connectivity index (χ2v) is 3.05. The highest BCUT2D eigenvalue weighted by molar-refractivity contribution is 7.99. The number of nitrogens with zero attached hydrogens (tertiary/aromatic N) is 1. The lowest BCUT2D eigenvalue weighted by Gasteiger charge is -1.96. The number of pyridine rings is 1. The third kappa shape index (κ3) is 2.86. The van der Waals surface area contributed by atoms with E-state index in [0.717, 1.165) is 5.75 Å². The molecular formula is C7H9FN2S. The molecule has 0 aliphatic heterocycles. The molecule has 60 valence electrons. The molecule has 1 aromatic rings. The van der Waals surface area contributed by atoms with Gasteiger partial charge in [0.05, 0.1) is 5.03 Å². The maximum Gasteiger partial charge on any atom is 0.213 e. The Kier molecular flexibility index (Phi) is 3.32. The van der Waals surface area contributed by atoms with E-state index in [9.17, 15) is 4.39 Å². The van der Waals surface area contributed by atoms with Crippen LogP contribution >= 0.6 is 11.8 Å². The topological polar surface area (TPSA) is 38.9 Å². The van der Waals surface area contributed by atoms with Crippen LogP contribution in [0.25, 0.3) is 0 Å². The summed E-state index contributed by atoms with van der Waals surface area (Å²) in [6, 6.07) is 4.73. The summed E-state index contributed by atoms with van der Waals surface area (Å²) >= 11 is 1.46. The molecule has 0 unspecified atom stereocenters. The molecule has 2 nitrogen and oxygen atoms in total. The van der Waals surface area contributed by atoms with Crippen molar-refractivity contribution in [2.24, 2.45) is 5.73 Å². The minimum Gasteiger partial charge on any atom is -0.330 e. The Morgan fingerprint density at radius 3 is 3.00 bits per heavy atom. The lowest BCUT2D eigenvalue weighted by Crippen LogP contribution is -2.01. The van der Waals surface area contributed by atoms with Crippen molar-refractivity contribution in [3.8, 4) is 0 Å². The first-order valence-electron chi connectivity index (χ1n) is 3.28. The van der Waals surface area contributed by atoms with Gasteiger partial charge >= 0.3 is 0 Å². The van der Waals surface area contributed by atoms with Gasteiger partial charge in [-0.1, -0.05) is 6.07 Å². The van der Waals surface area contributed by atoms with Crippen molar-refractivity contribution in [3.63, 3.8) is 0 Å². The molecule has 0 bridgehead atoms. The predicted octanol–water partition coefficient (Wildman–Crippen LogP) is 1.27. The fraction of sp³-hybridized carbons (Fsp3) is 0.286. The van der Waals surface area contributed by atoms with E-state index in [2.05, 4.69) is 4.98 Å². The van der Waals surface area contributed by atoms with Gasteiger partial charge in [-0.15, -0.1) is 11.8 Å². The third-order valence-electron chi connectivity index (χ3n) is 1.06. The number of rotatable bonds is 3. The van der Waals surface area contributed by atoms with E-state index in [-0.39, 0.29) is 0 Å². The molecule has 0 aliphatic rings. The van der Waals surface area contributed by atoms with Crippen LogP contribution in [0.5, 0.6) is 0 Å². The summed E-state index contributed by atoms with van der Waals surface area (Å²) in [7, 11) is 0. The van der Waals surface area contributed by atoms with Gasteiger partial charge in [-0.3, -0.25) is 0 Å². The first kappa shape index (κ1) is 8.49. The minimum absolute atomic E-state index is 0.438. The Hall–Kier alpha value is -0.610. The van der Waals surface area contributed by atoms with Gasteiger partial charge in [-0.2, -0.15) is 4.39 Å². The normalized spacial score (nSPS) is 10.0. The largest absolute Gasteiger partial charge is 0.330 e. The van der Waals surface area contributed by atoms with Crippen molar-refractivity contribution in [2.75, 3.05) is 12.3 Å². The molecule has 0 saturated carbocycles. The van der Waals surface area contributed by atoms with Gasteiger partial charge in [0.15, 0.2) is 0 Å². The number of aromatic nitrogens is 1. The van der Waals surface area contributed by atoms with Crippen molar-refractivity contribution in [1.82, 2.24) is 4.98 Å². The third-order valence-corrected chi connectivity index (χ3v) is 2.02. The summed E-state index contributed by atoms with van der Waals surface area (Å²) in [5.74, 6) is 0.336. The molecule has 0 atom stereocenters. The van der Waals surface area contributed by atoms with Crippen LogP contribution in [-0.2, 0) is 0 Å². The molecule has 2 N–H and O–H groups in total. The van der Waals surface area contributed by atoms with E-state index in [1.165, 1.54) is 17.8 Å². The summed E-state index contributed by atoms with van der Waals surface area (Å²) in [4.78, 5) is 3.65. The predicted molar refractivity (Wildman–Crippen MR) is 44.0 cm³/mol. The zero-order valence-corrected chi connectivity index (χ0v) is 6.77. The maximum atomic E-state index is 12.4. The van der Waals surface area contributed by atoms with Gasteiger partial charge in [-0.05, 0) is 12.1 Å². The number of halogens is 1. The molecule has 1 aromatic heterocycles. The van der Waals surface area contributed by atoms with E-state index < -0.39 is 5.95 Å². The van der Waals surface area contributed by atoms with Crippen LogP contribution in [0.2, 0.25) is 0 Å². The first-order valence-corrected chi connectivity index (χ1v) is 4.27. The van der Waals surface area contributed by atoms with Gasteiger partial charge in [-0.25, -0.2) is 4.98 Å². The number of nitrogens with two attached hydrogens (primary N) is 1. The molecule has 1 heterocycles. The second-order valence-electron chi connectivity index (χ2n) is 1.94. The van der Waals surface area contributed by atoms with E-state index in [4.69, 9.17) is 5.73 Å². The van der Waals surface area contributed by atoms with E-state index >= 15 is 0 Å². The average molecular weight is 172 g/mol. The smallest absolute Gasteiger partial charge is 0.213 e. The molecule has 4 heteroatoms. The molecular weight excluding hydrogens is 163 g/mol. The van der Waals surface area contributed by atoms with Gasteiger partial charge in [0.1, 0.15) is 0 Å². The summed E-state index contributed by atoms with van der Waals surface area (Å²) < 4.78 is 12.4. The Morgan fingerprint density at radius 2 is 2.36 bits per heavy atom. The summed E-state index contributed by atoms with van der Waals surface area (Å²) in [6.07, 6.45) is 0. The Labute approximate surface area is 69.0 Å². The maximum absolute atomic E-state index is 12.4. The molecule has 0 amide bonds. The van der Waals surface area contributed by atoms with Crippen molar-refractivity contribution in [2.45, 2.75) is 5.03 Å². The number of hydrogen-bond acceptors (Lipinski definition) is 3. The monoisotopic (exact) mass is 172 g/mol. The fourth-order valence-corrected chi connectivity index (χ4v) is 1.29. The van der Waals surface area contributed by atoms with Gasteiger partial charge in [0, 0.05) is 12.3 Å². The van der Waals surface area contributed by atoms with Gasteiger partial charge in [0.2, 0.25) is 5.95 Å². The zero-order valence-electron chi connectivity index (χ0n) is 5.96. The van der Waals surface area contributed by atoms with Crippen LogP contribution in [0.1, 0.15) is 0 Å². The van der Waals surface area contributed by atoms with Crippen molar-refractivity contribution in [1.29, 1.82) is 0 Å². The molecule has 0 aliphatic carbocycles. The average Bonchev–Trinajstić information content (AvgIpc) is 2.01. The molecule has 0 aromatic carbocycles. The van der Waals surface area contributed by atoms with Crippen LogP contribution in [0.15, 0.2) is 23.2 Å². The molecule has 0 fully saturated rings. The highest BCUT2D eigenvalue weighted by Gasteiger charge is 1.95. The standard InChI is InChI=1S/C7H9FN2S/c8-6-2-1-3-7(10-6)11-5-4-9/h1-3H,4-5,9H2. The molecule has 1 rings (SSSR count). The fourth-order valence-electron chi connectivity index (χ4n) is 0.634. The zero-order chi connectivity index (χ0) is 8.10. The first-order chi connectivity index (χ1) is 5.33. The minimum atomic E-state index is -0.438. The van der Waals surface area contributed by atoms with Crippen molar-refractivity contribution < 1.29 is 4.39 Å². The SMILES string of the molecule is NCCSc1cccc(F)n1. The van der Waals surface area contributed by atoms with Crippen LogP contribution < -0.4 is 5.73 Å². The quantitative estimate of drug-likeness (QED) is 0.551. The Balaban J connectivity index is 2.56. The lowest BCUT2D eigenvalue weighted by molar-refractivity contribution is 0.572. The molecule has 0 spiro atoms. The Morgan fingerprint density at radius 1 is 1.55 bits per heavy atom. The highest BCUT2D eigenvalue weighted by Crippen LogP contribution is 2.13. The van der Waals surface area contributed by atoms with Crippen LogP contribution in [-0.4, -0.2) is 17.3 Å². The van der Waals surface area contributed by atoms with E-state index in [1.54, 1.807) is 12.1 Å². The molecule has 11 heavy (non-hydrogen) atoms. The second kappa shape index (κ2) is 4.31. The summed E-state index contributed by atoms with van der Waals surface area (Å²) in [5.41, 5.74) is 5.27.